The Morgan fingerprint density at radius 1 is 1.17 bits per heavy atom. The number of ether oxygens (including phenoxy) is 1. The summed E-state index contributed by atoms with van der Waals surface area (Å²) in [4.78, 5) is 26.9. The third kappa shape index (κ3) is 3.23. The van der Waals surface area contributed by atoms with Crippen LogP contribution in [0.15, 0.2) is 70.9 Å². The monoisotopic (exact) mass is 427 g/mol. The number of anilines is 1. The topological polar surface area (TPSA) is 80.0 Å². The van der Waals surface area contributed by atoms with Gasteiger partial charge in [-0.15, -0.1) is 0 Å². The summed E-state index contributed by atoms with van der Waals surface area (Å²) in [5.41, 5.74) is 0.194. The van der Waals surface area contributed by atoms with E-state index in [1.165, 1.54) is 49.8 Å². The molecule has 0 bridgehead atoms. The Hall–Kier alpha value is -3.58. The van der Waals surface area contributed by atoms with Gasteiger partial charge in [0.1, 0.15) is 29.1 Å². The van der Waals surface area contributed by atoms with Crippen LogP contribution in [0, 0.1) is 5.82 Å². The van der Waals surface area contributed by atoms with Crippen molar-refractivity contribution in [2.45, 2.75) is 6.04 Å². The van der Waals surface area contributed by atoms with Crippen molar-refractivity contribution in [2.24, 2.45) is 0 Å². The molecular weight excluding hydrogens is 413 g/mol. The van der Waals surface area contributed by atoms with Crippen LogP contribution in [0.1, 0.15) is 17.4 Å². The summed E-state index contributed by atoms with van der Waals surface area (Å²) in [6.07, 6.45) is 1.38. The van der Waals surface area contributed by atoms with Crippen LogP contribution in [0.3, 0.4) is 0 Å². The summed E-state index contributed by atoms with van der Waals surface area (Å²) in [6.45, 7) is 0. The predicted octanol–water partition coefficient (Wildman–Crippen LogP) is 4.71. The molecule has 1 aliphatic rings. The molecule has 3 aromatic rings. The number of hydrogen-bond acceptors (Lipinski definition) is 5. The third-order valence-electron chi connectivity index (χ3n) is 4.77. The van der Waals surface area contributed by atoms with Gasteiger partial charge >= 0.3 is 0 Å². The first-order chi connectivity index (χ1) is 14.4. The van der Waals surface area contributed by atoms with Crippen molar-refractivity contribution in [3.05, 3.63) is 88.6 Å². The Morgan fingerprint density at radius 2 is 1.97 bits per heavy atom. The van der Waals surface area contributed by atoms with Gasteiger partial charge in [0.2, 0.25) is 0 Å². The van der Waals surface area contributed by atoms with E-state index in [0.717, 1.165) is 11.0 Å². The molecule has 30 heavy (non-hydrogen) atoms. The zero-order chi connectivity index (χ0) is 21.4. The lowest BCUT2D eigenvalue weighted by atomic mass is 9.99. The summed E-state index contributed by atoms with van der Waals surface area (Å²) in [7, 11) is 1.41. The molecule has 1 N–H and O–H groups in total. The molecule has 0 saturated carbocycles. The molecular formula is C22H15ClFNO5. The second kappa shape index (κ2) is 7.68. The van der Waals surface area contributed by atoms with E-state index in [2.05, 4.69) is 0 Å². The predicted molar refractivity (Wildman–Crippen MR) is 108 cm³/mol. The molecule has 8 heteroatoms. The standard InChI is InChI=1S/C22H15ClFNO5/c1-29-17-10-12(7-8-15(17)23)20(26)18-19(16-6-3-9-30-16)25(22(28)21(18)27)14-5-2-4-13(24)11-14/h2-11,19,26H,1H3/b20-18-. The molecule has 2 heterocycles. The van der Waals surface area contributed by atoms with Gasteiger partial charge in [0.05, 0.1) is 24.0 Å². The van der Waals surface area contributed by atoms with E-state index in [-0.39, 0.29) is 28.3 Å². The molecule has 1 fully saturated rings. The van der Waals surface area contributed by atoms with Crippen molar-refractivity contribution in [2.75, 3.05) is 12.0 Å². The second-order valence-electron chi connectivity index (χ2n) is 6.51. The first-order valence-corrected chi connectivity index (χ1v) is 9.24. The number of ketones is 1. The summed E-state index contributed by atoms with van der Waals surface area (Å²) in [5.74, 6) is -2.31. The maximum Gasteiger partial charge on any atom is 0.300 e. The van der Waals surface area contributed by atoms with Gasteiger partial charge in [-0.05, 0) is 48.5 Å². The molecule has 1 saturated heterocycles. The highest BCUT2D eigenvalue weighted by Gasteiger charge is 2.48. The highest BCUT2D eigenvalue weighted by atomic mass is 35.5. The number of aliphatic hydroxyl groups is 1. The lowest BCUT2D eigenvalue weighted by Crippen LogP contribution is -2.29. The van der Waals surface area contributed by atoms with Crippen molar-refractivity contribution in [1.82, 2.24) is 0 Å². The summed E-state index contributed by atoms with van der Waals surface area (Å²) >= 11 is 6.04. The van der Waals surface area contributed by atoms with E-state index in [0.29, 0.717) is 5.02 Å². The highest BCUT2D eigenvalue weighted by molar-refractivity contribution is 6.51. The molecule has 0 spiro atoms. The van der Waals surface area contributed by atoms with Crippen LogP contribution in [-0.2, 0) is 9.59 Å². The fourth-order valence-corrected chi connectivity index (χ4v) is 3.60. The van der Waals surface area contributed by atoms with Gasteiger partial charge in [-0.2, -0.15) is 0 Å². The van der Waals surface area contributed by atoms with Crippen LogP contribution in [0.25, 0.3) is 5.76 Å². The first kappa shape index (κ1) is 19.7. The quantitative estimate of drug-likeness (QED) is 0.370. The van der Waals surface area contributed by atoms with Gasteiger partial charge in [0.15, 0.2) is 0 Å². The van der Waals surface area contributed by atoms with Crippen molar-refractivity contribution in [3.63, 3.8) is 0 Å². The maximum atomic E-state index is 13.8. The minimum absolute atomic E-state index is 0.159. The minimum atomic E-state index is -1.08. The molecule has 1 aromatic heterocycles. The van der Waals surface area contributed by atoms with Crippen LogP contribution in [0.4, 0.5) is 10.1 Å². The van der Waals surface area contributed by atoms with Crippen molar-refractivity contribution >= 4 is 34.7 Å². The number of aliphatic hydroxyl groups excluding tert-OH is 1. The fraction of sp³-hybridized carbons (Fsp3) is 0.0909. The van der Waals surface area contributed by atoms with Gasteiger partial charge in [0, 0.05) is 11.3 Å². The van der Waals surface area contributed by atoms with Gasteiger partial charge in [-0.25, -0.2) is 4.39 Å². The number of halogens is 2. The number of amides is 1. The molecule has 1 aliphatic heterocycles. The average molecular weight is 428 g/mol. The van der Waals surface area contributed by atoms with Crippen molar-refractivity contribution < 1.29 is 28.2 Å². The number of benzene rings is 2. The Kier molecular flexibility index (Phi) is 5.05. The van der Waals surface area contributed by atoms with Gasteiger partial charge < -0.3 is 14.3 Å². The number of rotatable bonds is 4. The third-order valence-corrected chi connectivity index (χ3v) is 5.08. The van der Waals surface area contributed by atoms with Crippen LogP contribution in [0.2, 0.25) is 5.02 Å². The molecule has 6 nitrogen and oxygen atoms in total. The van der Waals surface area contributed by atoms with E-state index in [9.17, 15) is 19.1 Å². The van der Waals surface area contributed by atoms with E-state index >= 15 is 0 Å². The largest absolute Gasteiger partial charge is 0.507 e. The van der Waals surface area contributed by atoms with Crippen LogP contribution in [-0.4, -0.2) is 23.9 Å². The number of nitrogens with zero attached hydrogens (tertiary/aromatic N) is 1. The molecule has 2 aromatic carbocycles. The minimum Gasteiger partial charge on any atom is -0.507 e. The molecule has 0 radical (unpaired) electrons. The molecule has 152 valence electrons. The number of furan rings is 1. The second-order valence-corrected chi connectivity index (χ2v) is 6.92. The van der Waals surface area contributed by atoms with Crippen molar-refractivity contribution in [1.29, 1.82) is 0 Å². The van der Waals surface area contributed by atoms with Crippen LogP contribution >= 0.6 is 11.6 Å². The summed E-state index contributed by atoms with van der Waals surface area (Å²) < 4.78 is 24.4. The number of carbonyl (C=O) groups is 2. The lowest BCUT2D eigenvalue weighted by molar-refractivity contribution is -0.132. The van der Waals surface area contributed by atoms with Crippen molar-refractivity contribution in [3.8, 4) is 5.75 Å². The summed E-state index contributed by atoms with van der Waals surface area (Å²) in [5, 5.41) is 11.3. The maximum absolute atomic E-state index is 13.8. The lowest BCUT2D eigenvalue weighted by Gasteiger charge is -2.23. The first-order valence-electron chi connectivity index (χ1n) is 8.86. The number of methoxy groups -OCH3 is 1. The number of carbonyl (C=O) groups excluding carboxylic acids is 2. The molecule has 1 amide bonds. The van der Waals surface area contributed by atoms with E-state index in [1.807, 2.05) is 0 Å². The SMILES string of the molecule is COc1cc(/C(O)=C2/C(=O)C(=O)N(c3cccc(F)c3)C2c2ccco2)ccc1Cl. The zero-order valence-electron chi connectivity index (χ0n) is 15.6. The Labute approximate surface area is 175 Å². The van der Waals surface area contributed by atoms with Crippen LogP contribution < -0.4 is 9.64 Å². The van der Waals surface area contributed by atoms with E-state index < -0.39 is 29.3 Å². The molecule has 0 aliphatic carbocycles. The average Bonchev–Trinajstić information content (AvgIpc) is 3.35. The van der Waals surface area contributed by atoms with Crippen LogP contribution in [0.5, 0.6) is 5.75 Å². The van der Waals surface area contributed by atoms with E-state index in [1.54, 1.807) is 12.1 Å². The van der Waals surface area contributed by atoms with Gasteiger partial charge in [0.25, 0.3) is 11.7 Å². The fourth-order valence-electron chi connectivity index (χ4n) is 3.40. The highest BCUT2D eigenvalue weighted by Crippen LogP contribution is 2.42. The zero-order valence-corrected chi connectivity index (χ0v) is 16.4. The molecule has 4 rings (SSSR count). The van der Waals surface area contributed by atoms with E-state index in [4.69, 9.17) is 20.8 Å². The summed E-state index contributed by atoms with van der Waals surface area (Å²) in [6, 6.07) is 11.8. The Balaban J connectivity index is 1.93. The smallest absolute Gasteiger partial charge is 0.300 e. The number of hydrogen-bond donors (Lipinski definition) is 1. The van der Waals surface area contributed by atoms with Gasteiger partial charge in [-0.3, -0.25) is 14.5 Å². The normalized spacial score (nSPS) is 18.1. The van der Waals surface area contributed by atoms with Gasteiger partial charge in [-0.1, -0.05) is 17.7 Å². The molecule has 1 atom stereocenters. The Morgan fingerprint density at radius 3 is 2.63 bits per heavy atom. The molecule has 1 unspecified atom stereocenters. The number of Topliss-reactive ketones (excluding diaryl/α,β-unsaturated/α-hetero) is 1. The Bertz CT molecular complexity index is 1170.